The summed E-state index contributed by atoms with van der Waals surface area (Å²) < 4.78 is 0. The van der Waals surface area contributed by atoms with Gasteiger partial charge in [-0.25, -0.2) is 0 Å². The van der Waals surface area contributed by atoms with Crippen LogP contribution in [0.15, 0.2) is 48.5 Å². The van der Waals surface area contributed by atoms with Crippen LogP contribution in [0.3, 0.4) is 0 Å². The van der Waals surface area contributed by atoms with Crippen LogP contribution in [0.5, 0.6) is 0 Å². The fraction of sp³-hybridized carbons (Fsp3) is 0.294. The number of rotatable bonds is 4. The first-order valence-electron chi connectivity index (χ1n) is 6.86. The van der Waals surface area contributed by atoms with Crippen molar-refractivity contribution in [3.8, 4) is 0 Å². The van der Waals surface area contributed by atoms with Crippen LogP contribution in [-0.4, -0.2) is 8.07 Å². The lowest BCUT2D eigenvalue weighted by Crippen LogP contribution is -2.39. The highest BCUT2D eigenvalue weighted by Gasteiger charge is 2.20. The van der Waals surface area contributed by atoms with Crippen molar-refractivity contribution in [3.63, 3.8) is 0 Å². The summed E-state index contributed by atoms with van der Waals surface area (Å²) in [4.78, 5) is 0. The molecule has 2 rings (SSSR count). The molecule has 1 N–H and O–H groups in total. The van der Waals surface area contributed by atoms with Crippen LogP contribution in [0.1, 0.15) is 11.1 Å². The number of anilines is 1. The van der Waals surface area contributed by atoms with E-state index in [0.717, 1.165) is 6.54 Å². The van der Waals surface area contributed by atoms with Crippen molar-refractivity contribution in [1.29, 1.82) is 0 Å². The first-order chi connectivity index (χ1) is 8.97. The van der Waals surface area contributed by atoms with Crippen molar-refractivity contribution >= 4 is 18.9 Å². The third kappa shape index (κ3) is 3.71. The van der Waals surface area contributed by atoms with Crippen molar-refractivity contribution in [2.75, 3.05) is 5.32 Å². The number of benzene rings is 2. The van der Waals surface area contributed by atoms with E-state index in [4.69, 9.17) is 0 Å². The zero-order valence-electron chi connectivity index (χ0n) is 12.3. The van der Waals surface area contributed by atoms with Crippen LogP contribution in [0.4, 0.5) is 5.69 Å². The molecule has 1 nitrogen and oxygen atoms in total. The first kappa shape index (κ1) is 13.9. The van der Waals surface area contributed by atoms with E-state index >= 15 is 0 Å². The largest absolute Gasteiger partial charge is 0.381 e. The normalized spacial score (nSPS) is 11.4. The molecule has 2 aromatic carbocycles. The molecule has 0 atom stereocenters. The summed E-state index contributed by atoms with van der Waals surface area (Å²) in [5.41, 5.74) is 3.97. The summed E-state index contributed by atoms with van der Waals surface area (Å²) in [7, 11) is -1.31. The maximum Gasteiger partial charge on any atom is 0.0803 e. The van der Waals surface area contributed by atoms with Crippen molar-refractivity contribution in [2.24, 2.45) is 0 Å². The van der Waals surface area contributed by atoms with Crippen LogP contribution >= 0.6 is 0 Å². The zero-order valence-corrected chi connectivity index (χ0v) is 13.3. The van der Waals surface area contributed by atoms with Crippen molar-refractivity contribution < 1.29 is 0 Å². The highest BCUT2D eigenvalue weighted by molar-refractivity contribution is 6.89. The van der Waals surface area contributed by atoms with Gasteiger partial charge in [0, 0.05) is 12.2 Å². The minimum Gasteiger partial charge on any atom is -0.381 e. The van der Waals surface area contributed by atoms with Gasteiger partial charge in [-0.15, -0.1) is 0 Å². The van der Waals surface area contributed by atoms with Gasteiger partial charge in [-0.1, -0.05) is 67.7 Å². The molecule has 2 aromatic rings. The van der Waals surface area contributed by atoms with Crippen molar-refractivity contribution in [3.05, 3.63) is 59.7 Å². The molecule has 19 heavy (non-hydrogen) atoms. The molecular formula is C17H23NSi. The molecule has 0 saturated heterocycles. The maximum atomic E-state index is 3.60. The predicted octanol–water partition coefficient (Wildman–Crippen LogP) is 4.15. The van der Waals surface area contributed by atoms with Gasteiger partial charge in [0.05, 0.1) is 8.07 Å². The molecule has 0 aromatic heterocycles. The van der Waals surface area contributed by atoms with E-state index in [0.29, 0.717) is 0 Å². The molecule has 0 heterocycles. The molecule has 0 bridgehead atoms. The Morgan fingerprint density at radius 3 is 2.26 bits per heavy atom. The minimum atomic E-state index is -1.31. The summed E-state index contributed by atoms with van der Waals surface area (Å²) in [6, 6.07) is 17.3. The van der Waals surface area contributed by atoms with E-state index in [1.165, 1.54) is 22.0 Å². The Bertz CT molecular complexity index is 541. The topological polar surface area (TPSA) is 12.0 Å². The van der Waals surface area contributed by atoms with Gasteiger partial charge in [0.2, 0.25) is 0 Å². The van der Waals surface area contributed by atoms with Crippen LogP contribution in [0, 0.1) is 6.92 Å². The monoisotopic (exact) mass is 269 g/mol. The second-order valence-corrected chi connectivity index (χ2v) is 11.2. The molecule has 0 aliphatic heterocycles. The summed E-state index contributed by atoms with van der Waals surface area (Å²) in [6.07, 6.45) is 0. The third-order valence-electron chi connectivity index (χ3n) is 3.31. The van der Waals surface area contributed by atoms with Gasteiger partial charge in [-0.2, -0.15) is 0 Å². The van der Waals surface area contributed by atoms with E-state index in [1.54, 1.807) is 0 Å². The Morgan fingerprint density at radius 1 is 0.947 bits per heavy atom. The lowest BCUT2D eigenvalue weighted by Gasteiger charge is -2.22. The number of hydrogen-bond donors (Lipinski definition) is 1. The highest BCUT2D eigenvalue weighted by atomic mass is 28.3. The maximum absolute atomic E-state index is 3.60. The lowest BCUT2D eigenvalue weighted by atomic mass is 10.2. The van der Waals surface area contributed by atoms with Gasteiger partial charge in [-0.3, -0.25) is 0 Å². The molecule has 0 radical (unpaired) electrons. The fourth-order valence-electron chi connectivity index (χ4n) is 2.23. The van der Waals surface area contributed by atoms with Crippen LogP contribution in [-0.2, 0) is 6.54 Å². The molecule has 0 saturated carbocycles. The van der Waals surface area contributed by atoms with E-state index < -0.39 is 8.07 Å². The van der Waals surface area contributed by atoms with Gasteiger partial charge >= 0.3 is 0 Å². The van der Waals surface area contributed by atoms with Gasteiger partial charge in [0.1, 0.15) is 0 Å². The molecular weight excluding hydrogens is 246 g/mol. The SMILES string of the molecule is Cc1ccc(NCc2ccccc2)c([Si](C)(C)C)c1. The molecule has 0 aliphatic rings. The number of aryl methyl sites for hydroxylation is 1. The van der Waals surface area contributed by atoms with Crippen LogP contribution in [0.2, 0.25) is 19.6 Å². The molecule has 0 unspecified atom stereocenters. The predicted molar refractivity (Wildman–Crippen MR) is 87.9 cm³/mol. The fourth-order valence-corrected chi connectivity index (χ4v) is 3.87. The van der Waals surface area contributed by atoms with Crippen LogP contribution < -0.4 is 10.5 Å². The average Bonchev–Trinajstić information content (AvgIpc) is 2.37. The summed E-state index contributed by atoms with van der Waals surface area (Å²) in [5.74, 6) is 0. The molecule has 2 heteroatoms. The van der Waals surface area contributed by atoms with E-state index in [1.807, 2.05) is 0 Å². The standard InChI is InChI=1S/C17H23NSi/c1-14-10-11-16(17(12-14)19(2,3)4)18-13-15-8-6-5-7-9-15/h5-12,18H,13H2,1-4H3. The Labute approximate surface area is 117 Å². The smallest absolute Gasteiger partial charge is 0.0803 e. The Balaban J connectivity index is 2.21. The van der Waals surface area contributed by atoms with E-state index in [-0.39, 0.29) is 0 Å². The van der Waals surface area contributed by atoms with Crippen molar-refractivity contribution in [2.45, 2.75) is 33.1 Å². The molecule has 0 aliphatic carbocycles. The van der Waals surface area contributed by atoms with Gasteiger partial charge in [-0.05, 0) is 23.7 Å². The Morgan fingerprint density at radius 2 is 1.63 bits per heavy atom. The second kappa shape index (κ2) is 5.62. The number of nitrogens with one attached hydrogen (secondary N) is 1. The quantitative estimate of drug-likeness (QED) is 0.822. The first-order valence-corrected chi connectivity index (χ1v) is 10.4. The van der Waals surface area contributed by atoms with Gasteiger partial charge < -0.3 is 5.32 Å². The average molecular weight is 269 g/mol. The summed E-state index contributed by atoms with van der Waals surface area (Å²) >= 11 is 0. The summed E-state index contributed by atoms with van der Waals surface area (Å²) in [5, 5.41) is 5.12. The van der Waals surface area contributed by atoms with Crippen molar-refractivity contribution in [1.82, 2.24) is 0 Å². The van der Waals surface area contributed by atoms with Crippen LogP contribution in [0.25, 0.3) is 0 Å². The molecule has 100 valence electrons. The third-order valence-corrected chi connectivity index (χ3v) is 5.34. The molecule has 0 fully saturated rings. The zero-order chi connectivity index (χ0) is 13.9. The molecule has 0 spiro atoms. The van der Waals surface area contributed by atoms with Gasteiger partial charge in [0.15, 0.2) is 0 Å². The Kier molecular flexibility index (Phi) is 4.10. The van der Waals surface area contributed by atoms with E-state index in [2.05, 4.69) is 80.4 Å². The second-order valence-electron chi connectivity index (χ2n) is 6.14. The molecule has 0 amide bonds. The minimum absolute atomic E-state index is 0.890. The number of hydrogen-bond acceptors (Lipinski definition) is 1. The van der Waals surface area contributed by atoms with Gasteiger partial charge in [0.25, 0.3) is 0 Å². The van der Waals surface area contributed by atoms with E-state index in [9.17, 15) is 0 Å². The summed E-state index contributed by atoms with van der Waals surface area (Å²) in [6.45, 7) is 10.3. The lowest BCUT2D eigenvalue weighted by molar-refractivity contribution is 1.15. The Hall–Kier alpha value is -1.54. The highest BCUT2D eigenvalue weighted by Crippen LogP contribution is 2.15.